The highest BCUT2D eigenvalue weighted by atomic mass is 79.9. The van der Waals surface area contributed by atoms with Gasteiger partial charge in [0.15, 0.2) is 5.96 Å². The number of anilines is 1. The summed E-state index contributed by atoms with van der Waals surface area (Å²) in [5.41, 5.74) is 1.87. The molecule has 2 rings (SSSR count). The number of nitrogens with one attached hydrogen (secondary N) is 3. The molecule has 0 saturated carbocycles. The van der Waals surface area contributed by atoms with E-state index in [1.807, 2.05) is 25.1 Å². The molecule has 0 unspecified atom stereocenters. The van der Waals surface area contributed by atoms with Gasteiger partial charge in [0.25, 0.3) is 0 Å². The fourth-order valence-electron chi connectivity index (χ4n) is 2.65. The van der Waals surface area contributed by atoms with Gasteiger partial charge in [0.1, 0.15) is 0 Å². The van der Waals surface area contributed by atoms with Gasteiger partial charge in [-0.05, 0) is 30.7 Å². The van der Waals surface area contributed by atoms with Crippen molar-refractivity contribution in [3.8, 4) is 0 Å². The van der Waals surface area contributed by atoms with Crippen molar-refractivity contribution in [2.75, 3.05) is 58.3 Å². The molecule has 1 aromatic carbocycles. The average Bonchev–Trinajstić information content (AvgIpc) is 2.63. The van der Waals surface area contributed by atoms with E-state index >= 15 is 0 Å². The molecular weight excluding hydrogens is 398 g/mol. The van der Waals surface area contributed by atoms with Gasteiger partial charge in [-0.3, -0.25) is 14.7 Å². The van der Waals surface area contributed by atoms with Crippen LogP contribution in [-0.4, -0.2) is 69.8 Å². The van der Waals surface area contributed by atoms with Gasteiger partial charge < -0.3 is 20.7 Å². The molecule has 0 bridgehead atoms. The number of amides is 1. The quantitative estimate of drug-likeness (QED) is 0.456. The Hall–Kier alpha value is -1.64. The first-order chi connectivity index (χ1) is 12.6. The number of carbonyl (C=O) groups excluding carboxylic acids is 1. The van der Waals surface area contributed by atoms with Gasteiger partial charge in [0.05, 0.1) is 13.2 Å². The molecule has 8 heteroatoms. The molecule has 0 atom stereocenters. The molecule has 1 amide bonds. The van der Waals surface area contributed by atoms with Gasteiger partial charge >= 0.3 is 0 Å². The van der Waals surface area contributed by atoms with Crippen LogP contribution in [-0.2, 0) is 9.53 Å². The third-order valence-corrected chi connectivity index (χ3v) is 4.65. The lowest BCUT2D eigenvalue weighted by atomic mass is 10.2. The first-order valence-corrected chi connectivity index (χ1v) is 9.68. The smallest absolute Gasteiger partial charge is 0.226 e. The zero-order valence-corrected chi connectivity index (χ0v) is 17.1. The fraction of sp³-hybridized carbons (Fsp3) is 0.556. The second kappa shape index (κ2) is 11.2. The first kappa shape index (κ1) is 20.7. The number of benzene rings is 1. The Bertz CT molecular complexity index is 618. The molecule has 1 aliphatic rings. The third-order valence-electron chi connectivity index (χ3n) is 4.15. The average molecular weight is 426 g/mol. The minimum atomic E-state index is -0.0216. The number of nitrogens with zero attached hydrogens (tertiary/aromatic N) is 2. The van der Waals surface area contributed by atoms with E-state index in [4.69, 9.17) is 4.74 Å². The Morgan fingerprint density at radius 3 is 2.69 bits per heavy atom. The number of aliphatic imine (C=N–C) groups is 1. The number of morpholine rings is 1. The summed E-state index contributed by atoms with van der Waals surface area (Å²) in [6.45, 7) is 7.82. The number of carbonyl (C=O) groups is 1. The minimum absolute atomic E-state index is 0.0216. The van der Waals surface area contributed by atoms with E-state index in [1.54, 1.807) is 7.05 Å². The Kier molecular flexibility index (Phi) is 8.87. The van der Waals surface area contributed by atoms with Crippen molar-refractivity contribution >= 4 is 33.5 Å². The van der Waals surface area contributed by atoms with Crippen molar-refractivity contribution in [2.24, 2.45) is 4.99 Å². The minimum Gasteiger partial charge on any atom is -0.379 e. The lowest BCUT2D eigenvalue weighted by molar-refractivity contribution is -0.116. The zero-order valence-electron chi connectivity index (χ0n) is 15.5. The largest absolute Gasteiger partial charge is 0.379 e. The van der Waals surface area contributed by atoms with Crippen molar-refractivity contribution in [2.45, 2.75) is 13.3 Å². The Morgan fingerprint density at radius 1 is 1.27 bits per heavy atom. The maximum absolute atomic E-state index is 12.1. The maximum Gasteiger partial charge on any atom is 0.226 e. The zero-order chi connectivity index (χ0) is 18.8. The van der Waals surface area contributed by atoms with Crippen LogP contribution in [0.5, 0.6) is 0 Å². The summed E-state index contributed by atoms with van der Waals surface area (Å²) < 4.78 is 6.34. The number of aryl methyl sites for hydroxylation is 1. The van der Waals surface area contributed by atoms with Crippen LogP contribution in [0.2, 0.25) is 0 Å². The molecule has 0 aromatic heterocycles. The molecule has 0 aliphatic carbocycles. The van der Waals surface area contributed by atoms with E-state index < -0.39 is 0 Å². The highest BCUT2D eigenvalue weighted by Crippen LogP contribution is 2.19. The second-order valence-electron chi connectivity index (χ2n) is 6.14. The summed E-state index contributed by atoms with van der Waals surface area (Å²) in [7, 11) is 1.73. The highest BCUT2D eigenvalue weighted by Gasteiger charge is 2.10. The molecule has 1 heterocycles. The SMILES string of the molecule is CN=C(NCCC(=O)Nc1ccc(Br)cc1C)NCCN1CCOCC1. The van der Waals surface area contributed by atoms with Crippen molar-refractivity contribution < 1.29 is 9.53 Å². The standard InChI is InChI=1S/C18H28BrN5O2/c1-14-13-15(19)3-4-16(14)23-17(25)5-6-21-18(20-2)22-7-8-24-9-11-26-12-10-24/h3-4,13H,5-12H2,1-2H3,(H,23,25)(H2,20,21,22). The Balaban J connectivity index is 1.64. The maximum atomic E-state index is 12.1. The normalized spacial score (nSPS) is 15.6. The van der Waals surface area contributed by atoms with E-state index in [9.17, 15) is 4.79 Å². The van der Waals surface area contributed by atoms with Crippen molar-refractivity contribution in [3.05, 3.63) is 28.2 Å². The van der Waals surface area contributed by atoms with Crippen LogP contribution in [0.15, 0.2) is 27.7 Å². The molecule has 26 heavy (non-hydrogen) atoms. The van der Waals surface area contributed by atoms with Crippen molar-refractivity contribution in [1.29, 1.82) is 0 Å². The summed E-state index contributed by atoms with van der Waals surface area (Å²) >= 11 is 3.42. The van der Waals surface area contributed by atoms with Crippen LogP contribution in [0.1, 0.15) is 12.0 Å². The lowest BCUT2D eigenvalue weighted by Crippen LogP contribution is -2.44. The first-order valence-electron chi connectivity index (χ1n) is 8.89. The number of halogens is 1. The number of rotatable bonds is 7. The third kappa shape index (κ3) is 7.31. The van der Waals surface area contributed by atoms with Crippen LogP contribution >= 0.6 is 15.9 Å². The molecule has 1 saturated heterocycles. The van der Waals surface area contributed by atoms with Gasteiger partial charge in [0.2, 0.25) is 5.91 Å². The number of hydrogen-bond donors (Lipinski definition) is 3. The molecule has 7 nitrogen and oxygen atoms in total. The molecule has 0 spiro atoms. The van der Waals surface area contributed by atoms with Crippen molar-refractivity contribution in [3.63, 3.8) is 0 Å². The monoisotopic (exact) mass is 425 g/mol. The van der Waals surface area contributed by atoms with Gasteiger partial charge in [-0.25, -0.2) is 0 Å². The lowest BCUT2D eigenvalue weighted by Gasteiger charge is -2.26. The molecule has 1 aromatic rings. The summed E-state index contributed by atoms with van der Waals surface area (Å²) in [4.78, 5) is 18.6. The summed E-state index contributed by atoms with van der Waals surface area (Å²) in [5, 5.41) is 9.39. The van der Waals surface area contributed by atoms with Crippen LogP contribution in [0, 0.1) is 6.92 Å². The topological polar surface area (TPSA) is 78.0 Å². The predicted octanol–water partition coefficient (Wildman–Crippen LogP) is 1.58. The Morgan fingerprint density at radius 2 is 2.00 bits per heavy atom. The fourth-order valence-corrected chi connectivity index (χ4v) is 3.13. The molecule has 1 aliphatic heterocycles. The van der Waals surface area contributed by atoms with Crippen LogP contribution in [0.25, 0.3) is 0 Å². The van der Waals surface area contributed by atoms with E-state index in [2.05, 4.69) is 41.8 Å². The summed E-state index contributed by atoms with van der Waals surface area (Å²) in [6.07, 6.45) is 0.375. The van der Waals surface area contributed by atoms with Gasteiger partial charge in [-0.2, -0.15) is 0 Å². The molecule has 3 N–H and O–H groups in total. The summed E-state index contributed by atoms with van der Waals surface area (Å²) in [5.74, 6) is 0.692. The highest BCUT2D eigenvalue weighted by molar-refractivity contribution is 9.10. The molecule has 0 radical (unpaired) electrons. The molecule has 1 fully saturated rings. The van der Waals surface area contributed by atoms with Crippen molar-refractivity contribution in [1.82, 2.24) is 15.5 Å². The number of ether oxygens (including phenoxy) is 1. The number of hydrogen-bond acceptors (Lipinski definition) is 4. The van der Waals surface area contributed by atoms with E-state index in [-0.39, 0.29) is 5.91 Å². The number of guanidine groups is 1. The van der Waals surface area contributed by atoms with E-state index in [0.717, 1.165) is 55.1 Å². The molecular formula is C18H28BrN5O2. The van der Waals surface area contributed by atoms with Crippen LogP contribution in [0.3, 0.4) is 0 Å². The van der Waals surface area contributed by atoms with E-state index in [0.29, 0.717) is 18.9 Å². The van der Waals surface area contributed by atoms with Crippen LogP contribution in [0.4, 0.5) is 5.69 Å². The van der Waals surface area contributed by atoms with Crippen LogP contribution < -0.4 is 16.0 Å². The second-order valence-corrected chi connectivity index (χ2v) is 7.05. The summed E-state index contributed by atoms with van der Waals surface area (Å²) in [6, 6.07) is 5.80. The van der Waals surface area contributed by atoms with Gasteiger partial charge in [0, 0.05) is 56.4 Å². The van der Waals surface area contributed by atoms with E-state index in [1.165, 1.54) is 0 Å². The predicted molar refractivity (Wildman–Crippen MR) is 109 cm³/mol. The Labute approximate surface area is 163 Å². The van der Waals surface area contributed by atoms with Gasteiger partial charge in [-0.15, -0.1) is 0 Å². The van der Waals surface area contributed by atoms with Gasteiger partial charge in [-0.1, -0.05) is 15.9 Å². The molecule has 144 valence electrons.